The van der Waals surface area contributed by atoms with Gasteiger partial charge in [-0.2, -0.15) is 0 Å². The fourth-order valence-corrected chi connectivity index (χ4v) is 2.22. The lowest BCUT2D eigenvalue weighted by atomic mass is 10.2. The first kappa shape index (κ1) is 13.0. The number of hydrogen-bond acceptors (Lipinski definition) is 4. The molecule has 0 unspecified atom stereocenters. The zero-order valence-electron chi connectivity index (χ0n) is 11.2. The van der Waals surface area contributed by atoms with E-state index in [9.17, 15) is 4.79 Å². The van der Waals surface area contributed by atoms with Gasteiger partial charge in [-0.15, -0.1) is 0 Å². The number of carbonyl (C=O) groups is 1. The van der Waals surface area contributed by atoms with Crippen molar-refractivity contribution in [3.8, 4) is 0 Å². The first-order valence-electron chi connectivity index (χ1n) is 6.63. The normalized spacial score (nSPS) is 17.6. The molecule has 0 amide bonds. The lowest BCUT2D eigenvalue weighted by molar-refractivity contribution is 0.0983. The van der Waals surface area contributed by atoms with Gasteiger partial charge in [0.05, 0.1) is 11.9 Å². The van der Waals surface area contributed by atoms with Crippen LogP contribution in [-0.4, -0.2) is 48.9 Å². The molecule has 98 valence electrons. The molecule has 4 nitrogen and oxygen atoms in total. The Balaban J connectivity index is 2.06. The van der Waals surface area contributed by atoms with Crippen molar-refractivity contribution in [3.05, 3.63) is 24.0 Å². The second kappa shape index (κ2) is 5.96. The topological polar surface area (TPSA) is 36.4 Å². The minimum atomic E-state index is 0.108. The second-order valence-electron chi connectivity index (χ2n) is 4.82. The van der Waals surface area contributed by atoms with Gasteiger partial charge in [0.1, 0.15) is 5.69 Å². The fourth-order valence-electron chi connectivity index (χ4n) is 2.22. The Morgan fingerprint density at radius 2 is 2.11 bits per heavy atom. The van der Waals surface area contributed by atoms with Gasteiger partial charge < -0.3 is 9.80 Å². The lowest BCUT2D eigenvalue weighted by Gasteiger charge is -2.22. The molecule has 4 heteroatoms. The van der Waals surface area contributed by atoms with E-state index in [1.807, 2.05) is 25.3 Å². The molecule has 1 fully saturated rings. The van der Waals surface area contributed by atoms with Crippen LogP contribution < -0.4 is 4.90 Å². The highest BCUT2D eigenvalue weighted by atomic mass is 16.1. The van der Waals surface area contributed by atoms with Crippen molar-refractivity contribution >= 4 is 11.5 Å². The predicted molar refractivity (Wildman–Crippen MR) is 73.2 cm³/mol. The standard InChI is InChI=1S/C14H21N3O/c1-3-14(18)13-6-5-12(11-15-13)17-8-4-7-16(2)9-10-17/h5-6,11H,3-4,7-10H2,1-2H3. The number of nitrogens with zero attached hydrogens (tertiary/aromatic N) is 3. The van der Waals surface area contributed by atoms with Gasteiger partial charge in [-0.3, -0.25) is 9.78 Å². The number of Topliss-reactive ketones (excluding diaryl/α,β-unsaturated/α-hetero) is 1. The van der Waals surface area contributed by atoms with E-state index in [0.29, 0.717) is 12.1 Å². The number of hydrogen-bond donors (Lipinski definition) is 0. The molecule has 0 radical (unpaired) electrons. The van der Waals surface area contributed by atoms with E-state index in [1.165, 1.54) is 6.42 Å². The third-order valence-corrected chi connectivity index (χ3v) is 3.44. The van der Waals surface area contributed by atoms with Gasteiger partial charge in [-0.05, 0) is 32.1 Å². The zero-order chi connectivity index (χ0) is 13.0. The summed E-state index contributed by atoms with van der Waals surface area (Å²) < 4.78 is 0. The smallest absolute Gasteiger partial charge is 0.180 e. The molecule has 1 aliphatic rings. The quantitative estimate of drug-likeness (QED) is 0.763. The van der Waals surface area contributed by atoms with Crippen LogP contribution in [0.5, 0.6) is 0 Å². The number of ketones is 1. The number of anilines is 1. The van der Waals surface area contributed by atoms with Gasteiger partial charge in [-0.25, -0.2) is 0 Å². The van der Waals surface area contributed by atoms with Crippen LogP contribution in [-0.2, 0) is 0 Å². The first-order chi connectivity index (χ1) is 8.70. The van der Waals surface area contributed by atoms with Crippen LogP contribution in [0.2, 0.25) is 0 Å². The summed E-state index contributed by atoms with van der Waals surface area (Å²) in [6.45, 7) is 6.18. The Morgan fingerprint density at radius 3 is 2.78 bits per heavy atom. The van der Waals surface area contributed by atoms with Crippen LogP contribution in [0.1, 0.15) is 30.3 Å². The highest BCUT2D eigenvalue weighted by Crippen LogP contribution is 2.15. The van der Waals surface area contributed by atoms with E-state index in [2.05, 4.69) is 21.8 Å². The molecular formula is C14H21N3O. The SMILES string of the molecule is CCC(=O)c1ccc(N2CCCN(C)CC2)cn1. The van der Waals surface area contributed by atoms with Gasteiger partial charge >= 0.3 is 0 Å². The van der Waals surface area contributed by atoms with Gasteiger partial charge in [0.2, 0.25) is 0 Å². The molecule has 0 saturated carbocycles. The van der Waals surface area contributed by atoms with Crippen LogP contribution in [0.4, 0.5) is 5.69 Å². The number of carbonyl (C=O) groups excluding carboxylic acids is 1. The van der Waals surface area contributed by atoms with Crippen molar-refractivity contribution in [2.45, 2.75) is 19.8 Å². The maximum atomic E-state index is 11.5. The molecule has 1 saturated heterocycles. The molecule has 0 atom stereocenters. The van der Waals surface area contributed by atoms with E-state index < -0.39 is 0 Å². The molecule has 0 spiro atoms. The average molecular weight is 247 g/mol. The number of likely N-dealkylation sites (N-methyl/N-ethyl adjacent to an activating group) is 1. The average Bonchev–Trinajstić information content (AvgIpc) is 2.63. The first-order valence-corrected chi connectivity index (χ1v) is 6.63. The molecule has 1 aliphatic heterocycles. The van der Waals surface area contributed by atoms with Crippen molar-refractivity contribution < 1.29 is 4.79 Å². The summed E-state index contributed by atoms with van der Waals surface area (Å²) in [5.41, 5.74) is 1.70. The second-order valence-corrected chi connectivity index (χ2v) is 4.82. The van der Waals surface area contributed by atoms with E-state index in [-0.39, 0.29) is 5.78 Å². The van der Waals surface area contributed by atoms with Crippen LogP contribution in [0.25, 0.3) is 0 Å². The zero-order valence-corrected chi connectivity index (χ0v) is 11.2. The molecule has 0 aliphatic carbocycles. The minimum Gasteiger partial charge on any atom is -0.369 e. The summed E-state index contributed by atoms with van der Waals surface area (Å²) in [6.07, 6.45) is 3.52. The van der Waals surface area contributed by atoms with Gasteiger partial charge in [0, 0.05) is 26.1 Å². The Morgan fingerprint density at radius 1 is 1.28 bits per heavy atom. The Labute approximate surface area is 109 Å². The molecule has 1 aromatic heterocycles. The maximum Gasteiger partial charge on any atom is 0.180 e. The van der Waals surface area contributed by atoms with Crippen molar-refractivity contribution in [1.82, 2.24) is 9.88 Å². The summed E-state index contributed by atoms with van der Waals surface area (Å²) in [6, 6.07) is 3.86. The molecule has 2 heterocycles. The van der Waals surface area contributed by atoms with Crippen molar-refractivity contribution in [3.63, 3.8) is 0 Å². The Hall–Kier alpha value is -1.42. The summed E-state index contributed by atoms with van der Waals surface area (Å²) in [7, 11) is 2.16. The van der Waals surface area contributed by atoms with Crippen LogP contribution in [0.3, 0.4) is 0 Å². The van der Waals surface area contributed by atoms with Crippen molar-refractivity contribution in [1.29, 1.82) is 0 Å². The third-order valence-electron chi connectivity index (χ3n) is 3.44. The maximum absolute atomic E-state index is 11.5. The number of rotatable bonds is 3. The minimum absolute atomic E-state index is 0.108. The monoisotopic (exact) mass is 247 g/mol. The number of aromatic nitrogens is 1. The molecule has 0 bridgehead atoms. The van der Waals surface area contributed by atoms with Crippen molar-refractivity contribution in [2.75, 3.05) is 38.1 Å². The van der Waals surface area contributed by atoms with E-state index in [0.717, 1.165) is 31.9 Å². The van der Waals surface area contributed by atoms with Gasteiger partial charge in [0.25, 0.3) is 0 Å². The summed E-state index contributed by atoms with van der Waals surface area (Å²) >= 11 is 0. The van der Waals surface area contributed by atoms with Crippen LogP contribution in [0, 0.1) is 0 Å². The molecule has 2 rings (SSSR count). The predicted octanol–water partition coefficient (Wildman–Crippen LogP) is 1.82. The van der Waals surface area contributed by atoms with E-state index >= 15 is 0 Å². The number of pyridine rings is 1. The Bertz CT molecular complexity index is 402. The highest BCUT2D eigenvalue weighted by Gasteiger charge is 2.13. The van der Waals surface area contributed by atoms with Gasteiger partial charge in [0.15, 0.2) is 5.78 Å². The van der Waals surface area contributed by atoms with E-state index in [4.69, 9.17) is 0 Å². The molecular weight excluding hydrogens is 226 g/mol. The molecule has 0 N–H and O–H groups in total. The van der Waals surface area contributed by atoms with Crippen molar-refractivity contribution in [2.24, 2.45) is 0 Å². The summed E-state index contributed by atoms with van der Waals surface area (Å²) in [5.74, 6) is 0.108. The summed E-state index contributed by atoms with van der Waals surface area (Å²) in [4.78, 5) is 20.5. The third kappa shape index (κ3) is 3.07. The van der Waals surface area contributed by atoms with Crippen LogP contribution >= 0.6 is 0 Å². The molecule has 0 aromatic carbocycles. The van der Waals surface area contributed by atoms with Crippen LogP contribution in [0.15, 0.2) is 18.3 Å². The van der Waals surface area contributed by atoms with E-state index in [1.54, 1.807) is 0 Å². The van der Waals surface area contributed by atoms with Gasteiger partial charge in [-0.1, -0.05) is 6.92 Å². The fraction of sp³-hybridized carbons (Fsp3) is 0.571. The Kier molecular flexibility index (Phi) is 4.31. The molecule has 18 heavy (non-hydrogen) atoms. The highest BCUT2D eigenvalue weighted by molar-refractivity contribution is 5.94. The lowest BCUT2D eigenvalue weighted by Crippen LogP contribution is -2.28. The largest absolute Gasteiger partial charge is 0.369 e. The molecule has 1 aromatic rings. The summed E-state index contributed by atoms with van der Waals surface area (Å²) in [5, 5.41) is 0.